The molecule has 16 heavy (non-hydrogen) atoms. The Morgan fingerprint density at radius 3 is 2.50 bits per heavy atom. The van der Waals surface area contributed by atoms with Crippen LogP contribution in [0.15, 0.2) is 16.5 Å². The number of furan rings is 1. The Balaban J connectivity index is 2.85. The third-order valence-corrected chi connectivity index (χ3v) is 2.39. The Kier molecular flexibility index (Phi) is 3.71. The van der Waals surface area contributed by atoms with Crippen LogP contribution in [0.3, 0.4) is 0 Å². The molecule has 1 atom stereocenters. The summed E-state index contributed by atoms with van der Waals surface area (Å²) in [5.41, 5.74) is 0. The lowest BCUT2D eigenvalue weighted by molar-refractivity contribution is -0.146. The van der Waals surface area contributed by atoms with E-state index >= 15 is 0 Å². The molecule has 1 aromatic rings. The van der Waals surface area contributed by atoms with E-state index in [0.29, 0.717) is 11.6 Å². The normalized spacial score (nSPS) is 12.2. The van der Waals surface area contributed by atoms with Crippen molar-refractivity contribution in [2.45, 2.75) is 20.3 Å². The summed E-state index contributed by atoms with van der Waals surface area (Å²) in [6, 6.07) is 3.36. The summed E-state index contributed by atoms with van der Waals surface area (Å²) < 4.78 is 5.25. The van der Waals surface area contributed by atoms with E-state index in [9.17, 15) is 9.59 Å². The van der Waals surface area contributed by atoms with Crippen LogP contribution in [0.5, 0.6) is 0 Å². The molecule has 0 radical (unpaired) electrons. The van der Waals surface area contributed by atoms with Gasteiger partial charge in [0.2, 0.25) is 11.8 Å². The summed E-state index contributed by atoms with van der Waals surface area (Å²) in [4.78, 5) is 23.9. The molecule has 5 nitrogen and oxygen atoms in total. The summed E-state index contributed by atoms with van der Waals surface area (Å²) in [6.45, 7) is 3.42. The molecular weight excluding hydrogens is 210 g/mol. The maximum atomic E-state index is 11.8. The third-order valence-electron chi connectivity index (χ3n) is 2.39. The maximum Gasteiger partial charge on any atom is 0.316 e. The maximum absolute atomic E-state index is 11.8. The standard InChI is InChI=1S/C11H15NO4/c1-4-8(11(14)15)10(13)12(3)9-6-5-7(2)16-9/h5-6,8H,4H2,1-3H3,(H,14,15). The topological polar surface area (TPSA) is 70.8 Å². The number of carbonyl (C=O) groups is 2. The first kappa shape index (κ1) is 12.3. The van der Waals surface area contributed by atoms with E-state index in [1.807, 2.05) is 0 Å². The van der Waals surface area contributed by atoms with Gasteiger partial charge < -0.3 is 9.52 Å². The van der Waals surface area contributed by atoms with E-state index in [-0.39, 0.29) is 6.42 Å². The van der Waals surface area contributed by atoms with Crippen molar-refractivity contribution in [1.29, 1.82) is 0 Å². The number of aryl methyl sites for hydroxylation is 1. The lowest BCUT2D eigenvalue weighted by Crippen LogP contribution is -2.36. The van der Waals surface area contributed by atoms with Crippen molar-refractivity contribution < 1.29 is 19.1 Å². The van der Waals surface area contributed by atoms with Crippen LogP contribution in [0.2, 0.25) is 0 Å². The number of aliphatic carboxylic acids is 1. The van der Waals surface area contributed by atoms with Crippen LogP contribution in [0, 0.1) is 12.8 Å². The predicted octanol–water partition coefficient (Wildman–Crippen LogP) is 1.66. The molecule has 0 spiro atoms. The first-order chi connectivity index (χ1) is 7.47. The molecule has 0 bridgehead atoms. The van der Waals surface area contributed by atoms with Crippen LogP contribution in [-0.2, 0) is 9.59 Å². The van der Waals surface area contributed by atoms with Crippen molar-refractivity contribution in [3.05, 3.63) is 17.9 Å². The number of amides is 1. The summed E-state index contributed by atoms with van der Waals surface area (Å²) >= 11 is 0. The largest absolute Gasteiger partial charge is 0.481 e. The van der Waals surface area contributed by atoms with E-state index in [1.165, 1.54) is 11.9 Å². The summed E-state index contributed by atoms with van der Waals surface area (Å²) in [6.07, 6.45) is 0.262. The Morgan fingerprint density at radius 1 is 1.50 bits per heavy atom. The van der Waals surface area contributed by atoms with Crippen LogP contribution >= 0.6 is 0 Å². The van der Waals surface area contributed by atoms with E-state index in [0.717, 1.165) is 0 Å². The summed E-state index contributed by atoms with van der Waals surface area (Å²) in [5, 5.41) is 8.87. The Morgan fingerprint density at radius 2 is 2.12 bits per heavy atom. The minimum Gasteiger partial charge on any atom is -0.481 e. The minimum absolute atomic E-state index is 0.262. The van der Waals surface area contributed by atoms with Crippen molar-refractivity contribution in [2.24, 2.45) is 5.92 Å². The number of nitrogens with zero attached hydrogens (tertiary/aromatic N) is 1. The molecule has 1 rings (SSSR count). The molecule has 0 aromatic carbocycles. The first-order valence-corrected chi connectivity index (χ1v) is 5.04. The zero-order chi connectivity index (χ0) is 12.3. The van der Waals surface area contributed by atoms with Gasteiger partial charge in [-0.25, -0.2) is 0 Å². The van der Waals surface area contributed by atoms with Crippen molar-refractivity contribution in [3.8, 4) is 0 Å². The van der Waals surface area contributed by atoms with Crippen LogP contribution in [-0.4, -0.2) is 24.0 Å². The number of carbonyl (C=O) groups excluding carboxylic acids is 1. The molecule has 0 aliphatic rings. The lowest BCUT2D eigenvalue weighted by atomic mass is 10.1. The molecule has 1 unspecified atom stereocenters. The van der Waals surface area contributed by atoms with Gasteiger partial charge in [0.05, 0.1) is 0 Å². The fraction of sp³-hybridized carbons (Fsp3) is 0.455. The summed E-state index contributed by atoms with van der Waals surface area (Å²) in [5.74, 6) is -1.55. The van der Waals surface area contributed by atoms with Gasteiger partial charge in [0.1, 0.15) is 11.7 Å². The van der Waals surface area contributed by atoms with Crippen LogP contribution in [0.4, 0.5) is 5.88 Å². The van der Waals surface area contributed by atoms with Gasteiger partial charge in [-0.2, -0.15) is 0 Å². The quantitative estimate of drug-likeness (QED) is 0.791. The second-order valence-corrected chi connectivity index (χ2v) is 3.58. The molecule has 5 heteroatoms. The van der Waals surface area contributed by atoms with Gasteiger partial charge in [-0.3, -0.25) is 14.5 Å². The van der Waals surface area contributed by atoms with Crippen LogP contribution in [0.25, 0.3) is 0 Å². The van der Waals surface area contributed by atoms with E-state index in [1.54, 1.807) is 26.0 Å². The van der Waals surface area contributed by atoms with Crippen molar-refractivity contribution in [2.75, 3.05) is 11.9 Å². The zero-order valence-corrected chi connectivity index (χ0v) is 9.56. The van der Waals surface area contributed by atoms with Gasteiger partial charge in [-0.1, -0.05) is 6.92 Å². The fourth-order valence-corrected chi connectivity index (χ4v) is 1.40. The highest BCUT2D eigenvalue weighted by atomic mass is 16.4. The average Bonchev–Trinajstić information content (AvgIpc) is 2.64. The van der Waals surface area contributed by atoms with Gasteiger partial charge in [0.25, 0.3) is 0 Å². The fourth-order valence-electron chi connectivity index (χ4n) is 1.40. The van der Waals surface area contributed by atoms with Gasteiger partial charge >= 0.3 is 5.97 Å². The molecule has 0 saturated carbocycles. The van der Waals surface area contributed by atoms with Crippen molar-refractivity contribution in [1.82, 2.24) is 0 Å². The number of anilines is 1. The van der Waals surface area contributed by atoms with Crippen molar-refractivity contribution >= 4 is 17.8 Å². The van der Waals surface area contributed by atoms with E-state index < -0.39 is 17.8 Å². The molecule has 1 heterocycles. The lowest BCUT2D eigenvalue weighted by Gasteiger charge is -2.17. The van der Waals surface area contributed by atoms with Crippen LogP contribution < -0.4 is 4.90 Å². The molecule has 1 aromatic heterocycles. The van der Waals surface area contributed by atoms with Gasteiger partial charge in [-0.15, -0.1) is 0 Å². The smallest absolute Gasteiger partial charge is 0.316 e. The highest BCUT2D eigenvalue weighted by Crippen LogP contribution is 2.19. The number of carboxylic acid groups (broad SMARTS) is 1. The molecule has 0 aliphatic heterocycles. The second kappa shape index (κ2) is 4.83. The second-order valence-electron chi connectivity index (χ2n) is 3.58. The molecule has 0 aliphatic carbocycles. The number of hydrogen-bond donors (Lipinski definition) is 1. The first-order valence-electron chi connectivity index (χ1n) is 5.04. The average molecular weight is 225 g/mol. The molecule has 1 amide bonds. The molecule has 0 saturated heterocycles. The highest BCUT2D eigenvalue weighted by Gasteiger charge is 2.28. The van der Waals surface area contributed by atoms with Gasteiger partial charge in [-0.05, 0) is 19.4 Å². The summed E-state index contributed by atoms with van der Waals surface area (Å²) in [7, 11) is 1.51. The molecule has 88 valence electrons. The van der Waals surface area contributed by atoms with E-state index in [4.69, 9.17) is 9.52 Å². The Bertz CT molecular complexity index is 396. The monoisotopic (exact) mass is 225 g/mol. The molecule has 0 fully saturated rings. The zero-order valence-electron chi connectivity index (χ0n) is 9.56. The molecular formula is C11H15NO4. The predicted molar refractivity (Wildman–Crippen MR) is 58.3 cm³/mol. The van der Waals surface area contributed by atoms with Crippen molar-refractivity contribution in [3.63, 3.8) is 0 Å². The number of rotatable bonds is 4. The third kappa shape index (κ3) is 2.42. The van der Waals surface area contributed by atoms with Gasteiger partial charge in [0, 0.05) is 13.1 Å². The number of carboxylic acids is 1. The highest BCUT2D eigenvalue weighted by molar-refractivity contribution is 6.04. The Hall–Kier alpha value is -1.78. The SMILES string of the molecule is CCC(C(=O)O)C(=O)N(C)c1ccc(C)o1. The van der Waals surface area contributed by atoms with E-state index in [2.05, 4.69) is 0 Å². The molecule has 1 N–H and O–H groups in total. The van der Waals surface area contributed by atoms with Crippen LogP contribution in [0.1, 0.15) is 19.1 Å². The minimum atomic E-state index is -1.11. The van der Waals surface area contributed by atoms with Gasteiger partial charge in [0.15, 0.2) is 0 Å². The Labute approximate surface area is 93.7 Å². The number of hydrogen-bond acceptors (Lipinski definition) is 3.